The Bertz CT molecular complexity index is 1140. The van der Waals surface area contributed by atoms with Gasteiger partial charge in [-0.2, -0.15) is 0 Å². The number of aliphatic hydroxyl groups is 6. The molecule has 0 aromatic rings. The van der Waals surface area contributed by atoms with Gasteiger partial charge in [-0.25, -0.2) is 0 Å². The van der Waals surface area contributed by atoms with Gasteiger partial charge in [0.05, 0.1) is 25.4 Å². The van der Waals surface area contributed by atoms with Crippen molar-refractivity contribution in [2.75, 3.05) is 13.2 Å². The number of nitrogens with one attached hydrogen (secondary N) is 1. The molecule has 0 bridgehead atoms. The van der Waals surface area contributed by atoms with Crippen molar-refractivity contribution in [3.8, 4) is 0 Å². The second kappa shape index (κ2) is 47.9. The van der Waals surface area contributed by atoms with E-state index in [9.17, 15) is 35.4 Å². The smallest absolute Gasteiger partial charge is 0.249 e. The van der Waals surface area contributed by atoms with Crippen LogP contribution in [0.3, 0.4) is 0 Å². The molecule has 0 aromatic heterocycles. The number of unbranched alkanes of at least 4 members (excludes halogenated alkanes) is 37. The Morgan fingerprint density at radius 3 is 1.24 bits per heavy atom. The first-order valence-electron chi connectivity index (χ1n) is 29.2. The number of rotatable bonds is 50. The van der Waals surface area contributed by atoms with Gasteiger partial charge in [-0.15, -0.1) is 0 Å². The Hall–Kier alpha value is -1.37. The van der Waals surface area contributed by atoms with Gasteiger partial charge in [0.25, 0.3) is 0 Å². The van der Waals surface area contributed by atoms with E-state index in [0.717, 1.165) is 44.9 Å². The Labute approximate surface area is 418 Å². The van der Waals surface area contributed by atoms with Crippen molar-refractivity contribution in [1.29, 1.82) is 0 Å². The van der Waals surface area contributed by atoms with Gasteiger partial charge in [-0.3, -0.25) is 4.79 Å². The largest absolute Gasteiger partial charge is 0.394 e. The summed E-state index contributed by atoms with van der Waals surface area (Å²) < 4.78 is 11.2. The summed E-state index contributed by atoms with van der Waals surface area (Å²) in [5.74, 6) is -0.614. The van der Waals surface area contributed by atoms with Crippen LogP contribution in [0, 0.1) is 0 Å². The lowest BCUT2D eigenvalue weighted by atomic mass is 9.99. The minimum atomic E-state index is -1.61. The zero-order valence-electron chi connectivity index (χ0n) is 44.2. The van der Waals surface area contributed by atoms with Gasteiger partial charge in [0.1, 0.15) is 30.5 Å². The van der Waals surface area contributed by atoms with Crippen molar-refractivity contribution in [1.82, 2.24) is 5.32 Å². The Kier molecular flexibility index (Phi) is 45.6. The molecule has 68 heavy (non-hydrogen) atoms. The van der Waals surface area contributed by atoms with Gasteiger partial charge in [-0.1, -0.05) is 256 Å². The number of aliphatic hydroxyl groups excluding tert-OH is 6. The standard InChI is InChI=1S/C58H111NO9/c1-3-5-7-9-11-13-15-17-19-21-22-23-24-25-26-27-28-29-31-33-35-37-39-41-43-45-47-52(62)57(66)59-50(49-67-58-56(65)55(64)54(63)53(48-60)68-58)51(61)46-44-42-40-38-36-34-32-30-20-18-16-14-12-10-8-6-4-2/h25-26,44,46,50-56,58,60-65H,3-24,27-43,45,47-49H2,1-2H3,(H,59,66)/b26-25-,46-44+. The zero-order valence-corrected chi connectivity index (χ0v) is 44.2. The first-order chi connectivity index (χ1) is 33.3. The van der Waals surface area contributed by atoms with Crippen LogP contribution in [0.5, 0.6) is 0 Å². The van der Waals surface area contributed by atoms with Crippen molar-refractivity contribution in [2.24, 2.45) is 0 Å². The number of allylic oxidation sites excluding steroid dienone is 3. The predicted molar refractivity (Wildman–Crippen MR) is 283 cm³/mol. The molecule has 0 spiro atoms. The molecule has 1 amide bonds. The second-order valence-electron chi connectivity index (χ2n) is 20.6. The summed E-state index contributed by atoms with van der Waals surface area (Å²) in [4.78, 5) is 13.1. The molecular weight excluding hydrogens is 855 g/mol. The van der Waals surface area contributed by atoms with Gasteiger partial charge in [0.15, 0.2) is 6.29 Å². The zero-order chi connectivity index (χ0) is 49.6. The van der Waals surface area contributed by atoms with Gasteiger partial charge in [-0.05, 0) is 44.9 Å². The second-order valence-corrected chi connectivity index (χ2v) is 20.6. The lowest BCUT2D eigenvalue weighted by Crippen LogP contribution is -2.60. The molecular formula is C58H111NO9. The molecule has 1 saturated heterocycles. The molecule has 7 N–H and O–H groups in total. The van der Waals surface area contributed by atoms with Crippen LogP contribution in [0.4, 0.5) is 0 Å². The molecule has 8 atom stereocenters. The molecule has 0 aromatic carbocycles. The molecule has 1 rings (SSSR count). The number of carbonyl (C=O) groups is 1. The van der Waals surface area contributed by atoms with E-state index in [1.54, 1.807) is 6.08 Å². The Morgan fingerprint density at radius 2 is 0.853 bits per heavy atom. The van der Waals surface area contributed by atoms with Gasteiger partial charge in [0, 0.05) is 0 Å². The average molecular weight is 967 g/mol. The highest BCUT2D eigenvalue weighted by Crippen LogP contribution is 2.23. The van der Waals surface area contributed by atoms with Crippen LogP contribution < -0.4 is 5.32 Å². The van der Waals surface area contributed by atoms with E-state index in [1.165, 1.54) is 212 Å². The van der Waals surface area contributed by atoms with E-state index >= 15 is 0 Å². The summed E-state index contributed by atoms with van der Waals surface area (Å²) in [5, 5.41) is 65.0. The lowest BCUT2D eigenvalue weighted by molar-refractivity contribution is -0.302. The molecule has 1 fully saturated rings. The Balaban J connectivity index is 2.25. The number of carbonyl (C=O) groups excluding carboxylic acids is 1. The number of hydrogen-bond acceptors (Lipinski definition) is 9. The van der Waals surface area contributed by atoms with Crippen molar-refractivity contribution in [3.05, 3.63) is 24.3 Å². The first kappa shape index (κ1) is 64.6. The molecule has 1 heterocycles. The number of ether oxygens (including phenoxy) is 2. The maximum atomic E-state index is 13.1. The normalized spacial score (nSPS) is 20.1. The van der Waals surface area contributed by atoms with Crippen LogP contribution in [0.25, 0.3) is 0 Å². The van der Waals surface area contributed by atoms with Crippen molar-refractivity contribution >= 4 is 5.91 Å². The van der Waals surface area contributed by atoms with E-state index in [1.807, 2.05) is 6.08 Å². The fraction of sp³-hybridized carbons (Fsp3) is 0.914. The highest BCUT2D eigenvalue weighted by molar-refractivity contribution is 5.80. The molecule has 0 saturated carbocycles. The van der Waals surface area contributed by atoms with Crippen LogP contribution in [0.2, 0.25) is 0 Å². The molecule has 0 radical (unpaired) electrons. The van der Waals surface area contributed by atoms with Crippen LogP contribution in [0.1, 0.15) is 277 Å². The van der Waals surface area contributed by atoms with Crippen molar-refractivity contribution in [3.63, 3.8) is 0 Å². The van der Waals surface area contributed by atoms with Gasteiger partial charge >= 0.3 is 0 Å². The average Bonchev–Trinajstić information content (AvgIpc) is 3.34. The maximum Gasteiger partial charge on any atom is 0.249 e. The SMILES string of the molecule is CCCCCCCCCCCCCC/C=C\CCCCCCCCCCCCC(O)C(=O)NC(COC1OC(CO)C(O)C(O)C1O)C(O)/C=C/CCCCCCCCCCCCCCCCC. The third kappa shape index (κ3) is 36.5. The van der Waals surface area contributed by atoms with Gasteiger partial charge < -0.3 is 45.4 Å². The number of hydrogen-bond donors (Lipinski definition) is 7. The van der Waals surface area contributed by atoms with Gasteiger partial charge in [0.2, 0.25) is 5.91 Å². The molecule has 10 nitrogen and oxygen atoms in total. The summed E-state index contributed by atoms with van der Waals surface area (Å²) in [5.41, 5.74) is 0. The van der Waals surface area contributed by atoms with Crippen LogP contribution >= 0.6 is 0 Å². The maximum absolute atomic E-state index is 13.1. The van der Waals surface area contributed by atoms with E-state index in [0.29, 0.717) is 6.42 Å². The minimum absolute atomic E-state index is 0.303. The fourth-order valence-electron chi connectivity index (χ4n) is 9.40. The van der Waals surface area contributed by atoms with E-state index in [4.69, 9.17) is 9.47 Å². The Morgan fingerprint density at radius 1 is 0.500 bits per heavy atom. The molecule has 8 unspecified atom stereocenters. The van der Waals surface area contributed by atoms with E-state index in [2.05, 4.69) is 31.3 Å². The predicted octanol–water partition coefficient (Wildman–Crippen LogP) is 13.2. The van der Waals surface area contributed by atoms with Crippen LogP contribution in [-0.4, -0.2) is 98.7 Å². The molecule has 402 valence electrons. The topological polar surface area (TPSA) is 169 Å². The lowest BCUT2D eigenvalue weighted by Gasteiger charge is -2.40. The van der Waals surface area contributed by atoms with Crippen molar-refractivity contribution < 1.29 is 44.9 Å². The molecule has 0 aliphatic carbocycles. The molecule has 10 heteroatoms. The monoisotopic (exact) mass is 966 g/mol. The minimum Gasteiger partial charge on any atom is -0.394 e. The highest BCUT2D eigenvalue weighted by Gasteiger charge is 2.44. The molecule has 1 aliphatic heterocycles. The summed E-state index contributed by atoms with van der Waals surface area (Å²) in [6, 6.07) is -0.979. The number of amides is 1. The van der Waals surface area contributed by atoms with E-state index in [-0.39, 0.29) is 6.61 Å². The fourth-order valence-corrected chi connectivity index (χ4v) is 9.40. The quantitative estimate of drug-likeness (QED) is 0.0232. The first-order valence-corrected chi connectivity index (χ1v) is 29.2. The van der Waals surface area contributed by atoms with E-state index < -0.39 is 61.5 Å². The summed E-state index contributed by atoms with van der Waals surface area (Å²) >= 11 is 0. The van der Waals surface area contributed by atoms with Crippen molar-refractivity contribution in [2.45, 2.75) is 326 Å². The van der Waals surface area contributed by atoms with Crippen LogP contribution in [0.15, 0.2) is 24.3 Å². The summed E-state index contributed by atoms with van der Waals surface area (Å²) in [6.07, 6.45) is 49.9. The van der Waals surface area contributed by atoms with Crippen LogP contribution in [-0.2, 0) is 14.3 Å². The third-order valence-electron chi connectivity index (χ3n) is 14.1. The summed E-state index contributed by atoms with van der Waals surface area (Å²) in [7, 11) is 0. The molecule has 1 aliphatic rings. The third-order valence-corrected chi connectivity index (χ3v) is 14.1. The highest BCUT2D eigenvalue weighted by atomic mass is 16.7. The summed E-state index contributed by atoms with van der Waals surface area (Å²) in [6.45, 7) is 3.65.